The van der Waals surface area contributed by atoms with E-state index in [2.05, 4.69) is 46.4 Å². The van der Waals surface area contributed by atoms with Crippen molar-refractivity contribution in [3.05, 3.63) is 52.4 Å². The summed E-state index contributed by atoms with van der Waals surface area (Å²) in [6.07, 6.45) is 4.71. The van der Waals surface area contributed by atoms with E-state index in [9.17, 15) is 9.18 Å². The first-order valence-corrected chi connectivity index (χ1v) is 9.48. The van der Waals surface area contributed by atoms with E-state index >= 15 is 0 Å². The maximum Gasteiger partial charge on any atom is 0.322 e. The maximum absolute atomic E-state index is 14.2. The number of halogens is 2. The van der Waals surface area contributed by atoms with Gasteiger partial charge in [0.2, 0.25) is 0 Å². The number of aromatic nitrogens is 5. The van der Waals surface area contributed by atoms with E-state index in [1.165, 1.54) is 12.3 Å². The second-order valence-corrected chi connectivity index (χ2v) is 7.34. The molecule has 0 bridgehead atoms. The third-order valence-corrected chi connectivity index (χ3v) is 5.58. The Morgan fingerprint density at radius 1 is 1.29 bits per heavy atom. The Kier molecular flexibility index (Phi) is 4.80. The Bertz CT molecular complexity index is 1030. The van der Waals surface area contributed by atoms with Gasteiger partial charge in [-0.1, -0.05) is 6.92 Å². The van der Waals surface area contributed by atoms with E-state index in [-0.39, 0.29) is 22.3 Å². The lowest BCUT2D eigenvalue weighted by Gasteiger charge is -2.37. The number of rotatable bonds is 2. The zero-order valence-electron chi connectivity index (χ0n) is 15.1. The smallest absolute Gasteiger partial charge is 0.317 e. The molecule has 0 aliphatic carbocycles. The molecule has 3 aromatic rings. The summed E-state index contributed by atoms with van der Waals surface area (Å²) in [7, 11) is 0. The second kappa shape index (κ2) is 7.27. The molecule has 1 aliphatic rings. The molecule has 0 unspecified atom stereocenters. The molecule has 2 amide bonds. The minimum absolute atomic E-state index is 0.00786. The number of carbonyl (C=O) groups is 1. The molecule has 8 nitrogen and oxygen atoms in total. The van der Waals surface area contributed by atoms with Gasteiger partial charge >= 0.3 is 6.03 Å². The molecule has 2 atom stereocenters. The first-order valence-electron chi connectivity index (χ1n) is 8.69. The maximum atomic E-state index is 14.2. The number of carbonyl (C=O) groups excluding carboxylic acids is 1. The summed E-state index contributed by atoms with van der Waals surface area (Å²) in [6.45, 7) is 4.27. The van der Waals surface area contributed by atoms with Crippen molar-refractivity contribution in [1.82, 2.24) is 30.0 Å². The normalized spacial score (nSPS) is 18.6. The van der Waals surface area contributed by atoms with Gasteiger partial charge in [0.1, 0.15) is 10.3 Å². The lowest BCUT2D eigenvalue weighted by atomic mass is 9.90. The van der Waals surface area contributed by atoms with E-state index in [1.807, 2.05) is 13.8 Å². The molecule has 0 aromatic carbocycles. The van der Waals surface area contributed by atoms with Crippen molar-refractivity contribution < 1.29 is 9.18 Å². The third-order valence-electron chi connectivity index (χ3n) is 5.02. The van der Waals surface area contributed by atoms with E-state index in [0.717, 1.165) is 11.3 Å². The fraction of sp³-hybridized carbons (Fsp3) is 0.278. The highest BCUT2D eigenvalue weighted by Crippen LogP contribution is 2.36. The third kappa shape index (κ3) is 3.13. The highest BCUT2D eigenvalue weighted by Gasteiger charge is 2.36. The monoisotopic (exact) mass is 445 g/mol. The van der Waals surface area contributed by atoms with Gasteiger partial charge in [-0.3, -0.25) is 5.10 Å². The van der Waals surface area contributed by atoms with Crippen LogP contribution in [0.2, 0.25) is 0 Å². The van der Waals surface area contributed by atoms with Crippen LogP contribution in [-0.4, -0.2) is 42.1 Å². The average Bonchev–Trinajstić information content (AvgIpc) is 3.13. The van der Waals surface area contributed by atoms with Crippen molar-refractivity contribution in [2.24, 2.45) is 0 Å². The Labute approximate surface area is 168 Å². The van der Waals surface area contributed by atoms with Crippen LogP contribution in [0.15, 0.2) is 35.3 Å². The molecule has 1 aliphatic heterocycles. The van der Waals surface area contributed by atoms with Gasteiger partial charge in [-0.05, 0) is 35.0 Å². The molecule has 28 heavy (non-hydrogen) atoms. The number of urea groups is 1. The van der Waals surface area contributed by atoms with Crippen LogP contribution in [0.3, 0.4) is 0 Å². The Hall–Kier alpha value is -2.88. The van der Waals surface area contributed by atoms with Crippen molar-refractivity contribution in [3.63, 3.8) is 0 Å². The Morgan fingerprint density at radius 3 is 2.79 bits per heavy atom. The molecule has 4 heterocycles. The largest absolute Gasteiger partial charge is 0.322 e. The van der Waals surface area contributed by atoms with Crippen molar-refractivity contribution in [1.29, 1.82) is 0 Å². The predicted molar refractivity (Wildman–Crippen MR) is 104 cm³/mol. The fourth-order valence-corrected chi connectivity index (χ4v) is 3.64. The molecule has 0 fully saturated rings. The lowest BCUT2D eigenvalue weighted by Crippen LogP contribution is -2.46. The van der Waals surface area contributed by atoms with E-state index in [0.29, 0.717) is 18.1 Å². The summed E-state index contributed by atoms with van der Waals surface area (Å²) in [5, 5.41) is 10.1. The van der Waals surface area contributed by atoms with Crippen LogP contribution >= 0.6 is 15.9 Å². The number of anilines is 1. The van der Waals surface area contributed by atoms with Crippen molar-refractivity contribution in [2.45, 2.75) is 32.4 Å². The Balaban J connectivity index is 1.65. The number of hydrogen-bond acceptors (Lipinski definition) is 5. The molecular formula is C18H17BrFN7O. The number of pyridine rings is 1. The summed E-state index contributed by atoms with van der Waals surface area (Å²) in [6, 6.07) is 2.63. The van der Waals surface area contributed by atoms with E-state index < -0.39 is 11.8 Å². The standard InChI is InChI=1S/C18H17BrFN7O/c1-9-10(2)27(18(28)24-12-4-7-21-16(19)13(12)20)8-11-14(9)25-26-15(11)17-22-5-3-6-23-17/h3-7,9-10H,8H2,1-2H3,(H,25,26)(H,21,24,28)/t9-,10+/m1/s1. The number of H-pyrrole nitrogens is 1. The van der Waals surface area contributed by atoms with Crippen LogP contribution in [0.25, 0.3) is 11.5 Å². The van der Waals surface area contributed by atoms with Crippen LogP contribution in [0.1, 0.15) is 31.0 Å². The van der Waals surface area contributed by atoms with Crippen LogP contribution < -0.4 is 5.32 Å². The summed E-state index contributed by atoms with van der Waals surface area (Å²) in [4.78, 5) is 26.9. The molecule has 0 saturated carbocycles. The minimum atomic E-state index is -0.615. The molecule has 3 aromatic heterocycles. The number of nitrogens with one attached hydrogen (secondary N) is 2. The van der Waals surface area contributed by atoms with Crippen LogP contribution in [0, 0.1) is 5.82 Å². The van der Waals surface area contributed by atoms with E-state index in [4.69, 9.17) is 0 Å². The van der Waals surface area contributed by atoms with Gasteiger partial charge in [0, 0.05) is 41.8 Å². The zero-order valence-corrected chi connectivity index (χ0v) is 16.7. The topological polar surface area (TPSA) is 99.7 Å². The van der Waals surface area contributed by atoms with Crippen LogP contribution in [-0.2, 0) is 6.54 Å². The summed E-state index contributed by atoms with van der Waals surface area (Å²) < 4.78 is 14.3. The minimum Gasteiger partial charge on any atom is -0.317 e. The molecule has 2 N–H and O–H groups in total. The molecule has 144 valence electrons. The molecule has 0 spiro atoms. The Morgan fingerprint density at radius 2 is 2.04 bits per heavy atom. The highest BCUT2D eigenvalue weighted by molar-refractivity contribution is 9.10. The predicted octanol–water partition coefficient (Wildman–Crippen LogP) is 3.70. The van der Waals surface area contributed by atoms with Gasteiger partial charge in [0.05, 0.1) is 12.2 Å². The average molecular weight is 446 g/mol. The molecule has 10 heteroatoms. The van der Waals surface area contributed by atoms with Gasteiger partial charge in [-0.25, -0.2) is 24.1 Å². The summed E-state index contributed by atoms with van der Waals surface area (Å²) in [5.74, 6) is -0.115. The number of fused-ring (bicyclic) bond motifs is 1. The first-order chi connectivity index (χ1) is 13.5. The molecular weight excluding hydrogens is 429 g/mol. The molecule has 0 radical (unpaired) electrons. The van der Waals surface area contributed by atoms with Crippen LogP contribution in [0.4, 0.5) is 14.9 Å². The van der Waals surface area contributed by atoms with Crippen molar-refractivity contribution in [2.75, 3.05) is 5.32 Å². The lowest BCUT2D eigenvalue weighted by molar-refractivity contribution is 0.171. The quantitative estimate of drug-likeness (QED) is 0.585. The highest BCUT2D eigenvalue weighted by atomic mass is 79.9. The van der Waals surface area contributed by atoms with E-state index in [1.54, 1.807) is 23.4 Å². The van der Waals surface area contributed by atoms with Crippen molar-refractivity contribution >= 4 is 27.6 Å². The zero-order chi connectivity index (χ0) is 19.8. The van der Waals surface area contributed by atoms with Gasteiger partial charge in [-0.2, -0.15) is 5.10 Å². The summed E-state index contributed by atoms with van der Waals surface area (Å²) >= 11 is 3.03. The fourth-order valence-electron chi connectivity index (χ4n) is 3.31. The number of nitrogens with zero attached hydrogens (tertiary/aromatic N) is 5. The second-order valence-electron chi connectivity index (χ2n) is 6.59. The molecule has 4 rings (SSSR count). The van der Waals surface area contributed by atoms with Gasteiger partial charge in [0.15, 0.2) is 11.6 Å². The first kappa shape index (κ1) is 18.5. The van der Waals surface area contributed by atoms with Gasteiger partial charge in [0.25, 0.3) is 0 Å². The summed E-state index contributed by atoms with van der Waals surface area (Å²) in [5.41, 5.74) is 2.50. The van der Waals surface area contributed by atoms with Gasteiger partial charge in [-0.15, -0.1) is 0 Å². The molecule has 0 saturated heterocycles. The van der Waals surface area contributed by atoms with Gasteiger partial charge < -0.3 is 10.2 Å². The van der Waals surface area contributed by atoms with Crippen LogP contribution in [0.5, 0.6) is 0 Å². The van der Waals surface area contributed by atoms with Crippen molar-refractivity contribution in [3.8, 4) is 11.5 Å². The number of hydrogen-bond donors (Lipinski definition) is 2. The SMILES string of the molecule is C[C@H]1c2[nH]nc(-c3ncccn3)c2CN(C(=O)Nc2ccnc(Br)c2F)[C@H]1C. The number of aromatic amines is 1. The number of amides is 2.